The third kappa shape index (κ3) is 4.94. The maximum Gasteiger partial charge on any atom is 0.261 e. The van der Waals surface area contributed by atoms with Gasteiger partial charge in [0.2, 0.25) is 5.91 Å². The van der Waals surface area contributed by atoms with E-state index in [-0.39, 0.29) is 17.9 Å². The van der Waals surface area contributed by atoms with E-state index in [1.807, 2.05) is 0 Å². The van der Waals surface area contributed by atoms with Gasteiger partial charge in [-0.15, -0.1) is 11.3 Å². The van der Waals surface area contributed by atoms with E-state index in [1.165, 1.54) is 17.6 Å². The van der Waals surface area contributed by atoms with Crippen molar-refractivity contribution in [2.24, 2.45) is 0 Å². The van der Waals surface area contributed by atoms with Gasteiger partial charge >= 0.3 is 0 Å². The number of furan rings is 1. The van der Waals surface area contributed by atoms with Crippen molar-refractivity contribution in [3.8, 4) is 0 Å². The lowest BCUT2D eigenvalue weighted by Crippen LogP contribution is -2.47. The molecule has 6 nitrogen and oxygen atoms in total. The SMILES string of the molecule is CC(CC(O)c1ccco1)NC(=O)C(C)NC(=O)c1cccs1. The quantitative estimate of drug-likeness (QED) is 0.722. The van der Waals surface area contributed by atoms with Crippen LogP contribution in [0.1, 0.15) is 41.8 Å². The topological polar surface area (TPSA) is 91.6 Å². The Morgan fingerprint density at radius 3 is 2.65 bits per heavy atom. The lowest BCUT2D eigenvalue weighted by atomic mass is 10.1. The van der Waals surface area contributed by atoms with Crippen molar-refractivity contribution in [1.82, 2.24) is 10.6 Å². The highest BCUT2D eigenvalue weighted by Gasteiger charge is 2.21. The van der Waals surface area contributed by atoms with Crippen LogP contribution in [-0.2, 0) is 4.79 Å². The van der Waals surface area contributed by atoms with Crippen LogP contribution in [-0.4, -0.2) is 29.0 Å². The van der Waals surface area contributed by atoms with Gasteiger partial charge in [0, 0.05) is 12.5 Å². The fourth-order valence-corrected chi connectivity index (χ4v) is 2.73. The van der Waals surface area contributed by atoms with Gasteiger partial charge in [-0.2, -0.15) is 0 Å². The van der Waals surface area contributed by atoms with Gasteiger partial charge in [-0.3, -0.25) is 9.59 Å². The van der Waals surface area contributed by atoms with E-state index in [9.17, 15) is 14.7 Å². The number of thiophene rings is 1. The van der Waals surface area contributed by atoms with E-state index in [0.717, 1.165) is 0 Å². The molecule has 7 heteroatoms. The van der Waals surface area contributed by atoms with Crippen molar-refractivity contribution in [2.75, 3.05) is 0 Å². The molecule has 3 unspecified atom stereocenters. The molecule has 0 aliphatic heterocycles. The summed E-state index contributed by atoms with van der Waals surface area (Å²) >= 11 is 1.32. The van der Waals surface area contributed by atoms with Crippen LogP contribution in [0.25, 0.3) is 0 Å². The lowest BCUT2D eigenvalue weighted by molar-refractivity contribution is -0.123. The molecular formula is C16H20N2O4S. The number of carbonyl (C=O) groups excluding carboxylic acids is 2. The largest absolute Gasteiger partial charge is 0.467 e. The Morgan fingerprint density at radius 2 is 2.04 bits per heavy atom. The number of hydrogen-bond donors (Lipinski definition) is 3. The van der Waals surface area contributed by atoms with Gasteiger partial charge in [-0.25, -0.2) is 0 Å². The van der Waals surface area contributed by atoms with Crippen molar-refractivity contribution in [3.63, 3.8) is 0 Å². The lowest BCUT2D eigenvalue weighted by Gasteiger charge is -2.20. The first kappa shape index (κ1) is 17.2. The first-order valence-electron chi connectivity index (χ1n) is 7.33. The van der Waals surface area contributed by atoms with E-state index in [0.29, 0.717) is 17.1 Å². The molecule has 0 fully saturated rings. The Hall–Kier alpha value is -2.12. The fourth-order valence-electron chi connectivity index (χ4n) is 2.10. The Kier molecular flexibility index (Phi) is 5.95. The van der Waals surface area contributed by atoms with E-state index in [4.69, 9.17) is 4.42 Å². The Morgan fingerprint density at radius 1 is 1.26 bits per heavy atom. The van der Waals surface area contributed by atoms with E-state index >= 15 is 0 Å². The number of carbonyl (C=O) groups is 2. The summed E-state index contributed by atoms with van der Waals surface area (Å²) in [5, 5.41) is 17.2. The summed E-state index contributed by atoms with van der Waals surface area (Å²) in [5.41, 5.74) is 0. The molecule has 0 aliphatic rings. The number of hydrogen-bond acceptors (Lipinski definition) is 5. The smallest absolute Gasteiger partial charge is 0.261 e. The highest BCUT2D eigenvalue weighted by molar-refractivity contribution is 7.12. The van der Waals surface area contributed by atoms with E-state index in [1.54, 1.807) is 43.5 Å². The molecular weight excluding hydrogens is 316 g/mol. The third-order valence-corrected chi connectivity index (χ3v) is 4.19. The minimum atomic E-state index is -0.781. The van der Waals surface area contributed by atoms with Crippen LogP contribution in [0.3, 0.4) is 0 Å². The number of rotatable bonds is 7. The van der Waals surface area contributed by atoms with Gasteiger partial charge in [-0.1, -0.05) is 6.07 Å². The molecule has 0 saturated heterocycles. The second kappa shape index (κ2) is 7.94. The molecule has 3 atom stereocenters. The molecule has 0 bridgehead atoms. The van der Waals surface area contributed by atoms with Gasteiger partial charge in [-0.05, 0) is 37.4 Å². The molecule has 124 valence electrons. The molecule has 2 amide bonds. The van der Waals surface area contributed by atoms with E-state index in [2.05, 4.69) is 10.6 Å². The Bertz CT molecular complexity index is 625. The minimum absolute atomic E-state index is 0.260. The summed E-state index contributed by atoms with van der Waals surface area (Å²) in [5.74, 6) is -0.106. The van der Waals surface area contributed by atoms with Crippen LogP contribution < -0.4 is 10.6 Å². The monoisotopic (exact) mass is 336 g/mol. The first-order valence-corrected chi connectivity index (χ1v) is 8.21. The average molecular weight is 336 g/mol. The maximum atomic E-state index is 12.1. The summed E-state index contributed by atoms with van der Waals surface area (Å²) in [4.78, 5) is 24.6. The summed E-state index contributed by atoms with van der Waals surface area (Å²) in [7, 11) is 0. The van der Waals surface area contributed by atoms with Gasteiger partial charge in [0.05, 0.1) is 11.1 Å². The average Bonchev–Trinajstić information content (AvgIpc) is 3.20. The first-order chi connectivity index (χ1) is 11.0. The Balaban J connectivity index is 1.79. The zero-order valence-electron chi connectivity index (χ0n) is 13.0. The molecule has 23 heavy (non-hydrogen) atoms. The molecule has 2 rings (SSSR count). The molecule has 0 aliphatic carbocycles. The van der Waals surface area contributed by atoms with Gasteiger partial charge < -0.3 is 20.2 Å². The standard InChI is InChI=1S/C16H20N2O4S/c1-10(9-12(19)13-5-3-7-22-13)17-15(20)11(2)18-16(21)14-6-4-8-23-14/h3-8,10-12,19H,9H2,1-2H3,(H,17,20)(H,18,21). The zero-order chi connectivity index (χ0) is 16.8. The van der Waals surface area contributed by atoms with Crippen molar-refractivity contribution in [2.45, 2.75) is 38.5 Å². The van der Waals surface area contributed by atoms with Gasteiger partial charge in [0.25, 0.3) is 5.91 Å². The summed E-state index contributed by atoms with van der Waals surface area (Å²) in [6, 6.07) is 5.94. The van der Waals surface area contributed by atoms with Crippen molar-refractivity contribution >= 4 is 23.2 Å². The summed E-state index contributed by atoms with van der Waals surface area (Å²) in [6.07, 6.45) is 1.03. The minimum Gasteiger partial charge on any atom is -0.467 e. The highest BCUT2D eigenvalue weighted by Crippen LogP contribution is 2.18. The number of aliphatic hydroxyl groups excluding tert-OH is 1. The zero-order valence-corrected chi connectivity index (χ0v) is 13.8. The van der Waals surface area contributed by atoms with Crippen LogP contribution >= 0.6 is 11.3 Å². The molecule has 2 aromatic rings. The maximum absolute atomic E-state index is 12.1. The molecule has 0 saturated carbocycles. The van der Waals surface area contributed by atoms with Crippen molar-refractivity contribution in [3.05, 3.63) is 46.5 Å². The number of nitrogens with one attached hydrogen (secondary N) is 2. The predicted octanol–water partition coefficient (Wildman–Crippen LogP) is 2.09. The fraction of sp³-hybridized carbons (Fsp3) is 0.375. The van der Waals surface area contributed by atoms with Gasteiger partial charge in [0.1, 0.15) is 17.9 Å². The van der Waals surface area contributed by atoms with Crippen LogP contribution in [0.2, 0.25) is 0 Å². The molecule has 3 N–H and O–H groups in total. The van der Waals surface area contributed by atoms with Crippen LogP contribution in [0.5, 0.6) is 0 Å². The molecule has 0 aromatic carbocycles. The van der Waals surface area contributed by atoms with Crippen molar-refractivity contribution < 1.29 is 19.1 Å². The second-order valence-corrected chi connectivity index (χ2v) is 6.30. The van der Waals surface area contributed by atoms with Gasteiger partial charge in [0.15, 0.2) is 0 Å². The Labute approximate surface area is 138 Å². The van der Waals surface area contributed by atoms with Crippen molar-refractivity contribution in [1.29, 1.82) is 0 Å². The van der Waals surface area contributed by atoms with Crippen LogP contribution in [0, 0.1) is 0 Å². The molecule has 0 radical (unpaired) electrons. The second-order valence-electron chi connectivity index (χ2n) is 5.35. The third-order valence-electron chi connectivity index (χ3n) is 3.32. The predicted molar refractivity (Wildman–Crippen MR) is 87.1 cm³/mol. The molecule has 2 aromatic heterocycles. The van der Waals surface area contributed by atoms with Crippen LogP contribution in [0.4, 0.5) is 0 Å². The summed E-state index contributed by atoms with van der Waals surface area (Å²) in [6.45, 7) is 3.41. The van der Waals surface area contributed by atoms with E-state index < -0.39 is 12.1 Å². The molecule has 2 heterocycles. The van der Waals surface area contributed by atoms with Crippen LogP contribution in [0.15, 0.2) is 40.3 Å². The number of aliphatic hydroxyl groups is 1. The molecule has 0 spiro atoms. The normalized spacial score (nSPS) is 14.7. The number of amides is 2. The highest BCUT2D eigenvalue weighted by atomic mass is 32.1. The summed E-state index contributed by atoms with van der Waals surface area (Å²) < 4.78 is 5.12.